The molecule has 1 aromatic heterocycles. The van der Waals surface area contributed by atoms with Gasteiger partial charge in [-0.3, -0.25) is 9.89 Å². The zero-order valence-electron chi connectivity index (χ0n) is 13.0. The molecule has 2 aliphatic heterocycles. The average Bonchev–Trinajstić information content (AvgIpc) is 3.11. The van der Waals surface area contributed by atoms with E-state index in [1.807, 2.05) is 30.1 Å². The number of fused-ring (bicyclic) bond motifs is 2. The molecule has 0 radical (unpaired) electrons. The minimum absolute atomic E-state index is 0.0419. The van der Waals surface area contributed by atoms with E-state index in [0.717, 1.165) is 22.9 Å². The molecule has 2 aromatic rings. The number of hydrogen-bond acceptors (Lipinski definition) is 3. The van der Waals surface area contributed by atoms with Gasteiger partial charge in [0.15, 0.2) is 0 Å². The predicted molar refractivity (Wildman–Crippen MR) is 84.9 cm³/mol. The summed E-state index contributed by atoms with van der Waals surface area (Å²) in [5.41, 5.74) is 1.92. The lowest BCUT2D eigenvalue weighted by molar-refractivity contribution is -0.132. The fraction of sp³-hybridized carbons (Fsp3) is 0.438. The van der Waals surface area contributed by atoms with Crippen molar-refractivity contribution < 1.29 is 9.59 Å². The number of rotatable bonds is 2. The van der Waals surface area contributed by atoms with Gasteiger partial charge in [-0.25, -0.2) is 4.79 Å². The van der Waals surface area contributed by atoms with Crippen LogP contribution in [0.3, 0.4) is 0 Å². The molecule has 3 amide bonds. The van der Waals surface area contributed by atoms with E-state index in [1.165, 1.54) is 0 Å². The molecule has 0 aliphatic carbocycles. The summed E-state index contributed by atoms with van der Waals surface area (Å²) < 4.78 is 0. The number of H-pyrrole nitrogens is 1. The second-order valence-electron chi connectivity index (χ2n) is 6.33. The Balaban J connectivity index is 1.44. The van der Waals surface area contributed by atoms with Crippen molar-refractivity contribution in [1.29, 1.82) is 0 Å². The predicted octanol–water partition coefficient (Wildman–Crippen LogP) is 0.730. The Labute approximate surface area is 133 Å². The van der Waals surface area contributed by atoms with Crippen molar-refractivity contribution in [2.75, 3.05) is 20.1 Å². The monoisotopic (exact) mass is 313 g/mol. The van der Waals surface area contributed by atoms with Crippen LogP contribution in [0.25, 0.3) is 10.9 Å². The Morgan fingerprint density at radius 3 is 3.17 bits per heavy atom. The van der Waals surface area contributed by atoms with Gasteiger partial charge in [0.05, 0.1) is 30.2 Å². The highest BCUT2D eigenvalue weighted by molar-refractivity contribution is 5.83. The Kier molecular flexibility index (Phi) is 3.21. The number of amides is 3. The highest BCUT2D eigenvalue weighted by Crippen LogP contribution is 2.22. The number of carbonyl (C=O) groups excluding carboxylic acids is 2. The third kappa shape index (κ3) is 2.42. The Morgan fingerprint density at radius 2 is 2.30 bits per heavy atom. The van der Waals surface area contributed by atoms with Gasteiger partial charge < -0.3 is 15.1 Å². The number of aromatic amines is 1. The lowest BCUT2D eigenvalue weighted by Crippen LogP contribution is -2.52. The van der Waals surface area contributed by atoms with Gasteiger partial charge in [-0.1, -0.05) is 12.1 Å². The summed E-state index contributed by atoms with van der Waals surface area (Å²) in [5.74, 6) is 0.103. The van der Waals surface area contributed by atoms with E-state index < -0.39 is 0 Å². The molecule has 4 rings (SSSR count). The fourth-order valence-corrected chi connectivity index (χ4v) is 3.56. The lowest BCUT2D eigenvalue weighted by Gasteiger charge is -2.35. The minimum Gasteiger partial charge on any atom is -0.340 e. The van der Waals surface area contributed by atoms with Gasteiger partial charge in [-0.15, -0.1) is 0 Å². The van der Waals surface area contributed by atoms with E-state index in [2.05, 4.69) is 15.5 Å². The van der Waals surface area contributed by atoms with Gasteiger partial charge in [0.2, 0.25) is 5.91 Å². The van der Waals surface area contributed by atoms with Crippen LogP contribution in [0.4, 0.5) is 4.79 Å². The molecule has 2 N–H and O–H groups in total. The van der Waals surface area contributed by atoms with Crippen molar-refractivity contribution in [3.63, 3.8) is 0 Å². The molecule has 7 nitrogen and oxygen atoms in total. The Bertz CT molecular complexity index is 771. The average molecular weight is 313 g/mol. The van der Waals surface area contributed by atoms with Crippen molar-refractivity contribution in [2.24, 2.45) is 0 Å². The topological polar surface area (TPSA) is 81.3 Å². The van der Waals surface area contributed by atoms with Crippen molar-refractivity contribution >= 4 is 22.8 Å². The molecule has 0 bridgehead atoms. The Morgan fingerprint density at radius 1 is 1.43 bits per heavy atom. The molecule has 0 spiro atoms. The number of urea groups is 1. The maximum atomic E-state index is 12.6. The summed E-state index contributed by atoms with van der Waals surface area (Å²) >= 11 is 0. The fourth-order valence-electron chi connectivity index (χ4n) is 3.56. The number of nitrogens with one attached hydrogen (secondary N) is 2. The van der Waals surface area contributed by atoms with Crippen LogP contribution in [0.2, 0.25) is 0 Å². The molecule has 23 heavy (non-hydrogen) atoms. The van der Waals surface area contributed by atoms with Gasteiger partial charge in [-0.2, -0.15) is 5.10 Å². The zero-order chi connectivity index (χ0) is 16.0. The summed E-state index contributed by atoms with van der Waals surface area (Å²) in [7, 11) is 1.82. The second kappa shape index (κ2) is 5.26. The summed E-state index contributed by atoms with van der Waals surface area (Å²) in [4.78, 5) is 27.9. The number of benzene rings is 1. The number of hydrogen-bond donors (Lipinski definition) is 2. The smallest absolute Gasteiger partial charge is 0.317 e. The van der Waals surface area contributed by atoms with E-state index in [0.29, 0.717) is 19.5 Å². The molecule has 7 heteroatoms. The first kappa shape index (κ1) is 14.0. The van der Waals surface area contributed by atoms with Gasteiger partial charge in [0.1, 0.15) is 0 Å². The Hall–Kier alpha value is -2.57. The third-order valence-corrected chi connectivity index (χ3v) is 4.92. The largest absolute Gasteiger partial charge is 0.340 e. The molecule has 2 saturated heterocycles. The van der Waals surface area contributed by atoms with Crippen LogP contribution in [0, 0.1) is 0 Å². The van der Waals surface area contributed by atoms with E-state index >= 15 is 0 Å². The first-order valence-electron chi connectivity index (χ1n) is 7.85. The zero-order valence-corrected chi connectivity index (χ0v) is 13.0. The normalized spacial score (nSPS) is 24.0. The molecule has 2 fully saturated rings. The highest BCUT2D eigenvalue weighted by atomic mass is 16.2. The van der Waals surface area contributed by atoms with Gasteiger partial charge in [0, 0.05) is 25.5 Å². The molecule has 1 aromatic carbocycles. The molecule has 0 saturated carbocycles. The van der Waals surface area contributed by atoms with Crippen LogP contribution < -0.4 is 5.32 Å². The van der Waals surface area contributed by atoms with E-state index in [-0.39, 0.29) is 24.0 Å². The minimum atomic E-state index is -0.0426. The van der Waals surface area contributed by atoms with Crippen LogP contribution in [0.5, 0.6) is 0 Å². The maximum Gasteiger partial charge on any atom is 0.317 e. The van der Waals surface area contributed by atoms with E-state index in [4.69, 9.17) is 0 Å². The van der Waals surface area contributed by atoms with Gasteiger partial charge >= 0.3 is 6.03 Å². The molecule has 2 aliphatic rings. The van der Waals surface area contributed by atoms with Gasteiger partial charge in [-0.05, 0) is 18.1 Å². The number of carbonyl (C=O) groups is 2. The standard InChI is InChI=1S/C16H19N5O2/c1-20-14-4-5-21(9-13(14)18-16(20)23)15(22)7-10-2-3-11-8-17-19-12(11)6-10/h2-3,6,8,13-14H,4-5,7,9H2,1H3,(H,17,19)(H,18,23)/t13-,14+/m1/s1. The second-order valence-corrected chi connectivity index (χ2v) is 6.33. The number of aromatic nitrogens is 2. The maximum absolute atomic E-state index is 12.6. The first-order chi connectivity index (χ1) is 11.1. The molecule has 0 unspecified atom stereocenters. The molecule has 2 atom stereocenters. The number of likely N-dealkylation sites (tertiary alicyclic amines) is 1. The quantitative estimate of drug-likeness (QED) is 0.857. The van der Waals surface area contributed by atoms with Crippen molar-refractivity contribution in [3.8, 4) is 0 Å². The third-order valence-electron chi connectivity index (χ3n) is 4.92. The summed E-state index contributed by atoms with van der Waals surface area (Å²) in [6.45, 7) is 1.29. The number of likely N-dealkylation sites (N-methyl/N-ethyl adjacent to an activating group) is 1. The van der Waals surface area contributed by atoms with E-state index in [1.54, 1.807) is 11.1 Å². The number of piperidine rings is 1. The summed E-state index contributed by atoms with van der Waals surface area (Å²) in [6, 6.07) is 6.11. The molecule has 120 valence electrons. The highest BCUT2D eigenvalue weighted by Gasteiger charge is 2.41. The molecular formula is C16H19N5O2. The van der Waals surface area contributed by atoms with Crippen LogP contribution in [-0.4, -0.2) is 64.2 Å². The first-order valence-corrected chi connectivity index (χ1v) is 7.85. The van der Waals surface area contributed by atoms with Crippen LogP contribution >= 0.6 is 0 Å². The van der Waals surface area contributed by atoms with Crippen LogP contribution in [-0.2, 0) is 11.2 Å². The van der Waals surface area contributed by atoms with Crippen LogP contribution in [0.15, 0.2) is 24.4 Å². The van der Waals surface area contributed by atoms with Crippen LogP contribution in [0.1, 0.15) is 12.0 Å². The SMILES string of the molecule is CN1C(=O)N[C@@H]2CN(C(=O)Cc3ccc4cn[nH]c4c3)CC[C@@H]21. The van der Waals surface area contributed by atoms with Gasteiger partial charge in [0.25, 0.3) is 0 Å². The summed E-state index contributed by atoms with van der Waals surface area (Å²) in [6.07, 6.45) is 2.96. The van der Waals surface area contributed by atoms with E-state index in [9.17, 15) is 9.59 Å². The van der Waals surface area contributed by atoms with Crippen molar-refractivity contribution in [3.05, 3.63) is 30.0 Å². The summed E-state index contributed by atoms with van der Waals surface area (Å²) in [5, 5.41) is 10.9. The molecular weight excluding hydrogens is 294 g/mol. The lowest BCUT2D eigenvalue weighted by atomic mass is 9.99. The van der Waals surface area contributed by atoms with Crippen molar-refractivity contribution in [1.82, 2.24) is 25.3 Å². The molecule has 3 heterocycles. The number of nitrogens with zero attached hydrogens (tertiary/aromatic N) is 3. The van der Waals surface area contributed by atoms with Crippen molar-refractivity contribution in [2.45, 2.75) is 24.9 Å².